The lowest BCUT2D eigenvalue weighted by Gasteiger charge is -2.06. The Balaban J connectivity index is 2.13. The molecular formula is C19H20N6O2. The number of aliphatic imine (C=N–C) groups is 2. The van der Waals surface area contributed by atoms with E-state index >= 15 is 0 Å². The number of nitrogens with zero attached hydrogens (tertiary/aromatic N) is 3. The number of hydrogen-bond acceptors (Lipinski definition) is 3. The Hall–Kier alpha value is -3.81. The number of fused-ring (bicyclic) bond motifs is 1. The molecule has 3 aromatic rings. The molecule has 0 saturated heterocycles. The Morgan fingerprint density at radius 1 is 1.15 bits per heavy atom. The number of carbonyl (C=O) groups is 1. The van der Waals surface area contributed by atoms with Crippen molar-refractivity contribution in [2.75, 3.05) is 6.61 Å². The third kappa shape index (κ3) is 3.90. The van der Waals surface area contributed by atoms with E-state index in [9.17, 15) is 4.79 Å². The number of esters is 1. The van der Waals surface area contributed by atoms with Gasteiger partial charge in [-0.2, -0.15) is 4.99 Å². The predicted molar refractivity (Wildman–Crippen MR) is 106 cm³/mol. The summed E-state index contributed by atoms with van der Waals surface area (Å²) in [7, 11) is 0. The maximum absolute atomic E-state index is 12.6. The molecule has 0 unspecified atom stereocenters. The Bertz CT molecular complexity index is 1050. The smallest absolute Gasteiger partial charge is 0.340 e. The van der Waals surface area contributed by atoms with Gasteiger partial charge in [0.25, 0.3) is 0 Å². The molecule has 0 radical (unpaired) electrons. The van der Waals surface area contributed by atoms with Crippen molar-refractivity contribution < 1.29 is 9.53 Å². The van der Waals surface area contributed by atoms with Gasteiger partial charge < -0.3 is 26.3 Å². The number of hydrogen-bond donors (Lipinski definition) is 3. The molecule has 0 bridgehead atoms. The summed E-state index contributed by atoms with van der Waals surface area (Å²) in [4.78, 5) is 20.4. The van der Waals surface area contributed by atoms with E-state index < -0.39 is 0 Å². The highest BCUT2D eigenvalue weighted by Gasteiger charge is 2.20. The largest absolute Gasteiger partial charge is 0.462 e. The van der Waals surface area contributed by atoms with Crippen LogP contribution in [0.2, 0.25) is 0 Å². The molecule has 0 spiro atoms. The molecular weight excluding hydrogens is 344 g/mol. The molecule has 0 aliphatic heterocycles. The van der Waals surface area contributed by atoms with Crippen molar-refractivity contribution in [3.05, 3.63) is 60.4 Å². The minimum Gasteiger partial charge on any atom is -0.462 e. The van der Waals surface area contributed by atoms with Crippen LogP contribution in [0.25, 0.3) is 16.6 Å². The second kappa shape index (κ2) is 7.61. The van der Waals surface area contributed by atoms with Crippen molar-refractivity contribution in [1.82, 2.24) is 4.40 Å². The molecule has 2 heterocycles. The zero-order valence-corrected chi connectivity index (χ0v) is 14.8. The molecule has 1 aromatic carbocycles. The Morgan fingerprint density at radius 2 is 1.96 bits per heavy atom. The van der Waals surface area contributed by atoms with Crippen molar-refractivity contribution >= 4 is 29.1 Å². The van der Waals surface area contributed by atoms with Crippen LogP contribution in [0.3, 0.4) is 0 Å². The van der Waals surface area contributed by atoms with Crippen molar-refractivity contribution in [2.24, 2.45) is 27.2 Å². The molecule has 0 atom stereocenters. The summed E-state index contributed by atoms with van der Waals surface area (Å²) in [6.45, 7) is 2.07. The van der Waals surface area contributed by atoms with Crippen LogP contribution < -0.4 is 17.2 Å². The summed E-state index contributed by atoms with van der Waals surface area (Å²) >= 11 is 0. The number of nitrogens with two attached hydrogens (primary N) is 3. The third-order valence-electron chi connectivity index (χ3n) is 3.81. The zero-order valence-electron chi connectivity index (χ0n) is 14.8. The molecule has 138 valence electrons. The van der Waals surface area contributed by atoms with Crippen LogP contribution >= 0.6 is 0 Å². The lowest BCUT2D eigenvalue weighted by atomic mass is 10.0. The summed E-state index contributed by atoms with van der Waals surface area (Å²) in [5.74, 6) is -0.606. The van der Waals surface area contributed by atoms with Crippen molar-refractivity contribution in [1.29, 1.82) is 0 Å². The Morgan fingerprint density at radius 3 is 2.70 bits per heavy atom. The number of pyridine rings is 1. The maximum Gasteiger partial charge on any atom is 0.340 e. The average molecular weight is 364 g/mol. The first kappa shape index (κ1) is 18.0. The van der Waals surface area contributed by atoms with Gasteiger partial charge in [0, 0.05) is 18.0 Å². The first-order chi connectivity index (χ1) is 13.0. The minimum atomic E-state index is -0.380. The van der Waals surface area contributed by atoms with Gasteiger partial charge in [0.15, 0.2) is 5.96 Å². The van der Waals surface area contributed by atoms with Crippen LogP contribution in [-0.4, -0.2) is 28.9 Å². The Kier molecular flexibility index (Phi) is 5.07. The molecule has 3 rings (SSSR count). The molecule has 0 fully saturated rings. The predicted octanol–water partition coefficient (Wildman–Crippen LogP) is 2.00. The first-order valence-electron chi connectivity index (χ1n) is 8.30. The fourth-order valence-corrected chi connectivity index (χ4v) is 2.79. The normalized spacial score (nSPS) is 11.4. The fourth-order valence-electron chi connectivity index (χ4n) is 2.79. The van der Waals surface area contributed by atoms with Gasteiger partial charge in [-0.25, -0.2) is 9.79 Å². The quantitative estimate of drug-likeness (QED) is 0.370. The second-order valence-corrected chi connectivity index (χ2v) is 5.69. The van der Waals surface area contributed by atoms with Crippen LogP contribution in [0.1, 0.15) is 17.3 Å². The lowest BCUT2D eigenvalue weighted by molar-refractivity contribution is 0.0529. The maximum atomic E-state index is 12.6. The van der Waals surface area contributed by atoms with Gasteiger partial charge in [0.1, 0.15) is 0 Å². The average Bonchev–Trinajstić information content (AvgIpc) is 3.01. The van der Waals surface area contributed by atoms with E-state index in [1.807, 2.05) is 47.1 Å². The van der Waals surface area contributed by atoms with Crippen LogP contribution in [0.5, 0.6) is 0 Å². The number of ether oxygens (including phenoxy) is 1. The molecule has 6 N–H and O–H groups in total. The summed E-state index contributed by atoms with van der Waals surface area (Å²) in [5.41, 5.74) is 19.7. The molecule has 0 aliphatic carbocycles. The van der Waals surface area contributed by atoms with E-state index in [0.29, 0.717) is 17.9 Å². The zero-order chi connectivity index (χ0) is 19.4. The van der Waals surface area contributed by atoms with Crippen molar-refractivity contribution in [2.45, 2.75) is 6.92 Å². The number of guanidine groups is 2. The molecule has 27 heavy (non-hydrogen) atoms. The van der Waals surface area contributed by atoms with E-state index in [0.717, 1.165) is 16.6 Å². The van der Waals surface area contributed by atoms with Gasteiger partial charge in [-0.3, -0.25) is 0 Å². The standard InChI is InChI=1S/C19H20N6O2/c1-2-27-17(26)16-14(11-25-9-4-3-8-15(16)25)12-6-5-7-13(10-12)23-19(22)24-18(20)21/h3-11H,2H2,1H3,(H6,20,21,22,23,24). The van der Waals surface area contributed by atoms with Crippen LogP contribution in [-0.2, 0) is 4.74 Å². The van der Waals surface area contributed by atoms with E-state index in [-0.39, 0.29) is 17.9 Å². The number of aromatic nitrogens is 1. The molecule has 2 aromatic heterocycles. The van der Waals surface area contributed by atoms with E-state index in [2.05, 4.69) is 9.98 Å². The van der Waals surface area contributed by atoms with Crippen molar-refractivity contribution in [3.8, 4) is 11.1 Å². The molecule has 0 aliphatic rings. The van der Waals surface area contributed by atoms with Gasteiger partial charge in [-0.05, 0) is 36.8 Å². The Labute approximate surface area is 156 Å². The highest BCUT2D eigenvalue weighted by molar-refractivity contribution is 6.05. The lowest BCUT2D eigenvalue weighted by Crippen LogP contribution is -2.26. The summed E-state index contributed by atoms with van der Waals surface area (Å²) in [6.07, 6.45) is 3.75. The molecule has 0 amide bonds. The highest BCUT2D eigenvalue weighted by atomic mass is 16.5. The van der Waals surface area contributed by atoms with E-state index in [4.69, 9.17) is 21.9 Å². The molecule has 8 heteroatoms. The third-order valence-corrected chi connectivity index (χ3v) is 3.81. The van der Waals surface area contributed by atoms with E-state index in [1.54, 1.807) is 19.1 Å². The summed E-state index contributed by atoms with van der Waals surface area (Å²) in [5, 5.41) is 0. The monoisotopic (exact) mass is 364 g/mol. The number of carbonyl (C=O) groups excluding carboxylic acids is 1. The fraction of sp³-hybridized carbons (Fsp3) is 0.105. The SMILES string of the molecule is CCOC(=O)c1c(-c2cccc(N=C(N)N=C(N)N)c2)cn2ccccc12. The molecule has 8 nitrogen and oxygen atoms in total. The first-order valence-corrected chi connectivity index (χ1v) is 8.30. The molecule has 0 saturated carbocycles. The van der Waals surface area contributed by atoms with Crippen LogP contribution in [0.4, 0.5) is 5.69 Å². The van der Waals surface area contributed by atoms with Gasteiger partial charge in [-0.1, -0.05) is 18.2 Å². The number of rotatable bonds is 4. The summed E-state index contributed by atoms with van der Waals surface area (Å²) < 4.78 is 7.13. The van der Waals surface area contributed by atoms with Crippen LogP contribution in [0.15, 0.2) is 64.8 Å². The summed E-state index contributed by atoms with van der Waals surface area (Å²) in [6, 6.07) is 12.9. The van der Waals surface area contributed by atoms with Crippen LogP contribution in [0, 0.1) is 0 Å². The minimum absolute atomic E-state index is 0.0557. The van der Waals surface area contributed by atoms with Gasteiger partial charge in [0.2, 0.25) is 5.96 Å². The second-order valence-electron chi connectivity index (χ2n) is 5.69. The van der Waals surface area contributed by atoms with E-state index in [1.165, 1.54) is 0 Å². The number of benzene rings is 1. The van der Waals surface area contributed by atoms with Crippen molar-refractivity contribution in [3.63, 3.8) is 0 Å². The van der Waals surface area contributed by atoms with Gasteiger partial charge in [0.05, 0.1) is 23.4 Å². The van der Waals surface area contributed by atoms with Gasteiger partial charge in [-0.15, -0.1) is 0 Å². The topological polar surface area (TPSA) is 133 Å². The van der Waals surface area contributed by atoms with Gasteiger partial charge >= 0.3 is 5.97 Å². The highest BCUT2D eigenvalue weighted by Crippen LogP contribution is 2.31.